The highest BCUT2D eigenvalue weighted by molar-refractivity contribution is 5.35. The third-order valence-corrected chi connectivity index (χ3v) is 2.24. The lowest BCUT2D eigenvalue weighted by molar-refractivity contribution is 0.107. The second-order valence-corrected chi connectivity index (χ2v) is 3.58. The van der Waals surface area contributed by atoms with E-state index in [2.05, 4.69) is 4.98 Å². The summed E-state index contributed by atoms with van der Waals surface area (Å²) in [5.74, 6) is 0.676. The Labute approximate surface area is 71.6 Å². The molecular formula is C9H12N2O. The van der Waals surface area contributed by atoms with E-state index in [1.54, 1.807) is 6.20 Å². The van der Waals surface area contributed by atoms with Crippen LogP contribution in [0.5, 0.6) is 5.88 Å². The molecule has 0 saturated carbocycles. The van der Waals surface area contributed by atoms with Crippen LogP contribution >= 0.6 is 0 Å². The molecule has 2 rings (SSSR count). The monoisotopic (exact) mass is 164 g/mol. The van der Waals surface area contributed by atoms with Crippen LogP contribution in [0.3, 0.4) is 0 Å². The van der Waals surface area contributed by atoms with Gasteiger partial charge in [-0.1, -0.05) is 6.07 Å². The summed E-state index contributed by atoms with van der Waals surface area (Å²) in [6, 6.07) is 3.77. The Hall–Kier alpha value is -1.09. The Morgan fingerprint density at radius 1 is 1.58 bits per heavy atom. The summed E-state index contributed by atoms with van der Waals surface area (Å²) >= 11 is 0. The number of pyridine rings is 1. The van der Waals surface area contributed by atoms with Crippen molar-refractivity contribution in [2.24, 2.45) is 5.73 Å². The third kappa shape index (κ3) is 0.898. The van der Waals surface area contributed by atoms with Crippen LogP contribution in [0.4, 0.5) is 0 Å². The molecule has 0 saturated heterocycles. The van der Waals surface area contributed by atoms with Gasteiger partial charge in [0, 0.05) is 11.8 Å². The van der Waals surface area contributed by atoms with E-state index in [9.17, 15) is 0 Å². The number of rotatable bonds is 0. The maximum atomic E-state index is 5.96. The Morgan fingerprint density at radius 3 is 3.00 bits per heavy atom. The fourth-order valence-corrected chi connectivity index (χ4v) is 1.41. The van der Waals surface area contributed by atoms with Gasteiger partial charge in [-0.3, -0.25) is 0 Å². The molecule has 0 aliphatic carbocycles. The SMILES string of the molecule is CC1(C)Oc2ncccc2[C@H]1N. The summed E-state index contributed by atoms with van der Waals surface area (Å²) in [5.41, 5.74) is 6.64. The van der Waals surface area contributed by atoms with Gasteiger partial charge < -0.3 is 10.5 Å². The molecule has 1 aromatic rings. The molecule has 0 fully saturated rings. The molecule has 0 unspecified atom stereocenters. The van der Waals surface area contributed by atoms with Gasteiger partial charge in [0.1, 0.15) is 5.60 Å². The molecule has 1 aliphatic rings. The average molecular weight is 164 g/mol. The van der Waals surface area contributed by atoms with Crippen LogP contribution in [0.25, 0.3) is 0 Å². The standard InChI is InChI=1S/C9H12N2O/c1-9(2)7(10)6-4-3-5-11-8(6)12-9/h3-5,7H,10H2,1-2H3/t7-/m1/s1. The zero-order valence-electron chi connectivity index (χ0n) is 7.24. The van der Waals surface area contributed by atoms with Gasteiger partial charge in [0.25, 0.3) is 0 Å². The van der Waals surface area contributed by atoms with Gasteiger partial charge >= 0.3 is 0 Å². The quantitative estimate of drug-likeness (QED) is 0.627. The minimum Gasteiger partial charge on any atom is -0.469 e. The van der Waals surface area contributed by atoms with Crippen molar-refractivity contribution in [3.05, 3.63) is 23.9 Å². The molecular weight excluding hydrogens is 152 g/mol. The zero-order chi connectivity index (χ0) is 8.77. The van der Waals surface area contributed by atoms with Gasteiger partial charge in [-0.05, 0) is 19.9 Å². The van der Waals surface area contributed by atoms with Crippen molar-refractivity contribution in [1.82, 2.24) is 4.98 Å². The summed E-state index contributed by atoms with van der Waals surface area (Å²) in [6.07, 6.45) is 1.72. The van der Waals surface area contributed by atoms with Crippen LogP contribution in [-0.2, 0) is 0 Å². The molecule has 0 bridgehead atoms. The lowest BCUT2D eigenvalue weighted by Gasteiger charge is -2.22. The topological polar surface area (TPSA) is 48.1 Å². The number of nitrogens with zero attached hydrogens (tertiary/aromatic N) is 1. The van der Waals surface area contributed by atoms with Crippen LogP contribution in [0, 0.1) is 0 Å². The van der Waals surface area contributed by atoms with Crippen LogP contribution in [0.1, 0.15) is 25.5 Å². The molecule has 0 spiro atoms. The first-order chi connectivity index (χ1) is 5.61. The molecule has 0 radical (unpaired) electrons. The summed E-state index contributed by atoms with van der Waals surface area (Å²) in [4.78, 5) is 4.10. The van der Waals surface area contributed by atoms with E-state index in [1.165, 1.54) is 0 Å². The second-order valence-electron chi connectivity index (χ2n) is 3.58. The highest BCUT2D eigenvalue weighted by Crippen LogP contribution is 2.39. The van der Waals surface area contributed by atoms with E-state index in [-0.39, 0.29) is 11.6 Å². The van der Waals surface area contributed by atoms with Crippen molar-refractivity contribution in [3.63, 3.8) is 0 Å². The molecule has 1 atom stereocenters. The average Bonchev–Trinajstić information content (AvgIpc) is 2.24. The van der Waals surface area contributed by atoms with E-state index in [0.29, 0.717) is 5.88 Å². The van der Waals surface area contributed by atoms with Crippen LogP contribution < -0.4 is 10.5 Å². The number of ether oxygens (including phenoxy) is 1. The first-order valence-corrected chi connectivity index (χ1v) is 4.01. The van der Waals surface area contributed by atoms with E-state index in [1.807, 2.05) is 26.0 Å². The molecule has 12 heavy (non-hydrogen) atoms. The predicted octanol–water partition coefficient (Wildman–Crippen LogP) is 1.25. The maximum absolute atomic E-state index is 5.96. The number of hydrogen-bond donors (Lipinski definition) is 1. The van der Waals surface area contributed by atoms with Crippen molar-refractivity contribution in [3.8, 4) is 5.88 Å². The second kappa shape index (κ2) is 2.20. The van der Waals surface area contributed by atoms with Crippen LogP contribution in [-0.4, -0.2) is 10.6 Å². The number of nitrogens with two attached hydrogens (primary N) is 1. The summed E-state index contributed by atoms with van der Waals surface area (Å²) in [5, 5.41) is 0. The summed E-state index contributed by atoms with van der Waals surface area (Å²) in [7, 11) is 0. The van der Waals surface area contributed by atoms with Crippen molar-refractivity contribution < 1.29 is 4.74 Å². The molecule has 2 N–H and O–H groups in total. The van der Waals surface area contributed by atoms with Crippen molar-refractivity contribution in [1.29, 1.82) is 0 Å². The minimum atomic E-state index is -0.323. The van der Waals surface area contributed by atoms with Gasteiger partial charge in [0.2, 0.25) is 5.88 Å². The lowest BCUT2D eigenvalue weighted by atomic mass is 9.97. The van der Waals surface area contributed by atoms with Crippen LogP contribution in [0.2, 0.25) is 0 Å². The predicted molar refractivity (Wildman–Crippen MR) is 45.9 cm³/mol. The summed E-state index contributed by atoms with van der Waals surface area (Å²) < 4.78 is 5.57. The van der Waals surface area contributed by atoms with Gasteiger partial charge in [0.05, 0.1) is 6.04 Å². The van der Waals surface area contributed by atoms with Crippen molar-refractivity contribution in [2.75, 3.05) is 0 Å². The van der Waals surface area contributed by atoms with E-state index in [0.717, 1.165) is 5.56 Å². The molecule has 1 aromatic heterocycles. The van der Waals surface area contributed by atoms with Gasteiger partial charge in [0.15, 0.2) is 0 Å². The van der Waals surface area contributed by atoms with Gasteiger partial charge in [-0.25, -0.2) is 4.98 Å². The molecule has 1 aliphatic heterocycles. The highest BCUT2D eigenvalue weighted by atomic mass is 16.5. The zero-order valence-corrected chi connectivity index (χ0v) is 7.24. The summed E-state index contributed by atoms with van der Waals surface area (Å²) in [6.45, 7) is 3.94. The minimum absolute atomic E-state index is 0.0683. The van der Waals surface area contributed by atoms with Crippen LogP contribution in [0.15, 0.2) is 18.3 Å². The number of fused-ring (bicyclic) bond motifs is 1. The molecule has 2 heterocycles. The molecule has 3 nitrogen and oxygen atoms in total. The molecule has 64 valence electrons. The van der Waals surface area contributed by atoms with Gasteiger partial charge in [-0.2, -0.15) is 0 Å². The fourth-order valence-electron chi connectivity index (χ4n) is 1.41. The molecule has 3 heteroatoms. The molecule has 0 aromatic carbocycles. The first-order valence-electron chi connectivity index (χ1n) is 4.01. The molecule has 0 amide bonds. The van der Waals surface area contributed by atoms with Crippen molar-refractivity contribution >= 4 is 0 Å². The normalized spacial score (nSPS) is 24.8. The maximum Gasteiger partial charge on any atom is 0.218 e. The van der Waals surface area contributed by atoms with Gasteiger partial charge in [-0.15, -0.1) is 0 Å². The van der Waals surface area contributed by atoms with Crippen molar-refractivity contribution in [2.45, 2.75) is 25.5 Å². The van der Waals surface area contributed by atoms with E-state index in [4.69, 9.17) is 10.5 Å². The fraction of sp³-hybridized carbons (Fsp3) is 0.444. The Morgan fingerprint density at radius 2 is 2.33 bits per heavy atom. The Kier molecular flexibility index (Phi) is 1.38. The number of aromatic nitrogens is 1. The lowest BCUT2D eigenvalue weighted by Crippen LogP contribution is -2.35. The third-order valence-electron chi connectivity index (χ3n) is 2.24. The van der Waals surface area contributed by atoms with E-state index >= 15 is 0 Å². The smallest absolute Gasteiger partial charge is 0.218 e. The Balaban J connectivity index is 2.49. The Bertz CT molecular complexity index is 309. The first kappa shape index (κ1) is 7.55. The van der Waals surface area contributed by atoms with E-state index < -0.39 is 0 Å². The largest absolute Gasteiger partial charge is 0.469 e. The highest BCUT2D eigenvalue weighted by Gasteiger charge is 2.39. The number of hydrogen-bond acceptors (Lipinski definition) is 3.